The number of anilines is 1. The first kappa shape index (κ1) is 14.7. The van der Waals surface area contributed by atoms with Gasteiger partial charge in [0.25, 0.3) is 0 Å². The molecule has 0 aliphatic heterocycles. The van der Waals surface area contributed by atoms with Crippen molar-refractivity contribution < 1.29 is 4.74 Å². The van der Waals surface area contributed by atoms with Gasteiger partial charge in [-0.1, -0.05) is 13.3 Å². The second-order valence-corrected chi connectivity index (χ2v) is 5.29. The molecule has 0 saturated heterocycles. The molecule has 1 aromatic rings. The second kappa shape index (κ2) is 6.00. The van der Waals surface area contributed by atoms with E-state index in [0.717, 1.165) is 18.4 Å². The summed E-state index contributed by atoms with van der Waals surface area (Å²) in [5.74, 6) is 1.13. The molecule has 0 aliphatic rings. The lowest BCUT2D eigenvalue weighted by Gasteiger charge is -2.32. The molecular formula is C13H24N4O. The molecular weight excluding hydrogens is 228 g/mol. The maximum absolute atomic E-state index is 5.87. The van der Waals surface area contributed by atoms with Crippen LogP contribution in [0, 0.1) is 0 Å². The minimum Gasteiger partial charge on any atom is -0.475 e. The quantitative estimate of drug-likeness (QED) is 0.835. The smallest absolute Gasteiger partial charge is 0.221 e. The van der Waals surface area contributed by atoms with Crippen LogP contribution in [-0.2, 0) is 6.42 Å². The van der Waals surface area contributed by atoms with Crippen LogP contribution in [0.2, 0.25) is 0 Å². The summed E-state index contributed by atoms with van der Waals surface area (Å²) in [4.78, 5) is 10.3. The highest BCUT2D eigenvalue weighted by Crippen LogP contribution is 2.22. The van der Waals surface area contributed by atoms with Crippen LogP contribution in [0.15, 0.2) is 6.33 Å². The van der Waals surface area contributed by atoms with E-state index < -0.39 is 0 Å². The van der Waals surface area contributed by atoms with E-state index in [1.54, 1.807) is 0 Å². The first-order valence-corrected chi connectivity index (χ1v) is 6.28. The Morgan fingerprint density at radius 3 is 2.56 bits per heavy atom. The zero-order valence-electron chi connectivity index (χ0n) is 12.0. The zero-order chi connectivity index (χ0) is 13.8. The van der Waals surface area contributed by atoms with Gasteiger partial charge < -0.3 is 15.4 Å². The van der Waals surface area contributed by atoms with Gasteiger partial charge in [-0.2, -0.15) is 0 Å². The average Bonchev–Trinajstić information content (AvgIpc) is 2.30. The van der Waals surface area contributed by atoms with Gasteiger partial charge in [0.1, 0.15) is 18.8 Å². The molecule has 102 valence electrons. The van der Waals surface area contributed by atoms with E-state index in [2.05, 4.69) is 35.6 Å². The van der Waals surface area contributed by atoms with E-state index in [0.29, 0.717) is 18.3 Å². The minimum atomic E-state index is -0.0524. The molecule has 2 N–H and O–H groups in total. The van der Waals surface area contributed by atoms with Crippen LogP contribution < -0.4 is 10.5 Å². The highest BCUT2D eigenvalue weighted by atomic mass is 16.5. The van der Waals surface area contributed by atoms with Crippen molar-refractivity contribution >= 4 is 5.82 Å². The van der Waals surface area contributed by atoms with Crippen LogP contribution in [0.5, 0.6) is 5.88 Å². The molecule has 0 spiro atoms. The molecule has 0 amide bonds. The van der Waals surface area contributed by atoms with Gasteiger partial charge in [-0.3, -0.25) is 0 Å². The Morgan fingerprint density at radius 2 is 2.00 bits per heavy atom. The number of likely N-dealkylation sites (N-methyl/N-ethyl adjacent to an activating group) is 1. The van der Waals surface area contributed by atoms with E-state index in [9.17, 15) is 0 Å². The summed E-state index contributed by atoms with van der Waals surface area (Å²) >= 11 is 0. The molecule has 5 nitrogen and oxygen atoms in total. The van der Waals surface area contributed by atoms with Crippen molar-refractivity contribution in [1.29, 1.82) is 0 Å². The number of nitrogens with two attached hydrogens (primary N) is 1. The van der Waals surface area contributed by atoms with E-state index in [-0.39, 0.29) is 5.54 Å². The number of nitrogen functional groups attached to an aromatic ring is 1. The lowest BCUT2D eigenvalue weighted by atomic mass is 10.1. The van der Waals surface area contributed by atoms with Crippen molar-refractivity contribution in [2.45, 2.75) is 39.2 Å². The highest BCUT2D eigenvalue weighted by Gasteiger charge is 2.22. The van der Waals surface area contributed by atoms with Crippen molar-refractivity contribution in [2.24, 2.45) is 0 Å². The maximum Gasteiger partial charge on any atom is 0.221 e. The number of hydrogen-bond donors (Lipinski definition) is 1. The standard InChI is InChI=1S/C13H24N4O/c1-6-7-10-11(14)15-9-16-12(10)18-8-13(2,3)17(4)5/h9H,6-8H2,1-5H3,(H2,14,15,16). The van der Waals surface area contributed by atoms with E-state index in [1.807, 2.05) is 14.1 Å². The lowest BCUT2D eigenvalue weighted by Crippen LogP contribution is -2.43. The van der Waals surface area contributed by atoms with E-state index in [1.165, 1.54) is 6.33 Å². The Bertz CT molecular complexity index is 391. The van der Waals surface area contributed by atoms with Crippen LogP contribution in [0.4, 0.5) is 5.82 Å². The van der Waals surface area contributed by atoms with Crippen LogP contribution in [0.3, 0.4) is 0 Å². The number of rotatable bonds is 6. The predicted molar refractivity (Wildman–Crippen MR) is 73.7 cm³/mol. The Labute approximate surface area is 109 Å². The van der Waals surface area contributed by atoms with Crippen molar-refractivity contribution in [3.63, 3.8) is 0 Å². The van der Waals surface area contributed by atoms with Crippen molar-refractivity contribution in [3.05, 3.63) is 11.9 Å². The topological polar surface area (TPSA) is 64.3 Å². The summed E-state index contributed by atoms with van der Waals surface area (Å²) in [5.41, 5.74) is 6.72. The number of nitrogens with zero attached hydrogens (tertiary/aromatic N) is 3. The molecule has 18 heavy (non-hydrogen) atoms. The first-order valence-electron chi connectivity index (χ1n) is 6.28. The normalized spacial score (nSPS) is 11.9. The van der Waals surface area contributed by atoms with E-state index in [4.69, 9.17) is 10.5 Å². The average molecular weight is 252 g/mol. The Hall–Kier alpha value is -1.36. The van der Waals surface area contributed by atoms with Gasteiger partial charge in [-0.25, -0.2) is 9.97 Å². The molecule has 0 bridgehead atoms. The molecule has 0 atom stereocenters. The molecule has 1 heterocycles. The molecule has 0 radical (unpaired) electrons. The Balaban J connectivity index is 2.82. The highest BCUT2D eigenvalue weighted by molar-refractivity contribution is 5.44. The number of ether oxygens (including phenoxy) is 1. The van der Waals surface area contributed by atoms with Gasteiger partial charge in [-0.15, -0.1) is 0 Å². The Morgan fingerprint density at radius 1 is 1.33 bits per heavy atom. The third-order valence-electron chi connectivity index (χ3n) is 3.21. The molecule has 1 aromatic heterocycles. The maximum atomic E-state index is 5.87. The van der Waals surface area contributed by atoms with E-state index >= 15 is 0 Å². The molecule has 0 saturated carbocycles. The largest absolute Gasteiger partial charge is 0.475 e. The SMILES string of the molecule is CCCc1c(N)ncnc1OCC(C)(C)N(C)C. The van der Waals surface area contributed by atoms with Crippen molar-refractivity contribution in [3.8, 4) is 5.88 Å². The van der Waals surface area contributed by atoms with Gasteiger partial charge in [0.15, 0.2) is 0 Å². The molecule has 0 aromatic carbocycles. The van der Waals surface area contributed by atoms with Crippen LogP contribution in [-0.4, -0.2) is 41.1 Å². The summed E-state index contributed by atoms with van der Waals surface area (Å²) in [7, 11) is 4.06. The molecule has 5 heteroatoms. The number of hydrogen-bond acceptors (Lipinski definition) is 5. The van der Waals surface area contributed by atoms with Gasteiger partial charge in [0.05, 0.1) is 5.56 Å². The summed E-state index contributed by atoms with van der Waals surface area (Å²) in [6.45, 7) is 6.90. The fourth-order valence-corrected chi connectivity index (χ4v) is 1.39. The predicted octanol–water partition coefficient (Wildman–Crippen LogP) is 1.73. The monoisotopic (exact) mass is 252 g/mol. The fourth-order valence-electron chi connectivity index (χ4n) is 1.39. The molecule has 1 rings (SSSR count). The van der Waals surface area contributed by atoms with Crippen molar-refractivity contribution in [2.75, 3.05) is 26.4 Å². The third-order valence-corrected chi connectivity index (χ3v) is 3.21. The Kier molecular flexibility index (Phi) is 4.90. The lowest BCUT2D eigenvalue weighted by molar-refractivity contribution is 0.110. The van der Waals surface area contributed by atoms with Gasteiger partial charge in [0.2, 0.25) is 5.88 Å². The third kappa shape index (κ3) is 3.57. The van der Waals surface area contributed by atoms with Crippen LogP contribution >= 0.6 is 0 Å². The van der Waals surface area contributed by atoms with Gasteiger partial charge in [0, 0.05) is 5.54 Å². The first-order chi connectivity index (χ1) is 8.38. The van der Waals surface area contributed by atoms with Crippen LogP contribution in [0.1, 0.15) is 32.8 Å². The van der Waals surface area contributed by atoms with Gasteiger partial charge >= 0.3 is 0 Å². The van der Waals surface area contributed by atoms with Gasteiger partial charge in [-0.05, 0) is 34.4 Å². The summed E-state index contributed by atoms with van der Waals surface area (Å²) in [6, 6.07) is 0. The molecule has 0 fully saturated rings. The van der Waals surface area contributed by atoms with Crippen LogP contribution in [0.25, 0.3) is 0 Å². The number of aromatic nitrogens is 2. The molecule has 0 aliphatic carbocycles. The molecule has 0 unspecified atom stereocenters. The summed E-state index contributed by atoms with van der Waals surface area (Å²) in [5, 5.41) is 0. The fraction of sp³-hybridized carbons (Fsp3) is 0.692. The zero-order valence-corrected chi connectivity index (χ0v) is 12.0. The summed E-state index contributed by atoms with van der Waals surface area (Å²) < 4.78 is 5.82. The minimum absolute atomic E-state index is 0.0524. The summed E-state index contributed by atoms with van der Waals surface area (Å²) in [6.07, 6.45) is 3.28. The van der Waals surface area contributed by atoms with Crippen molar-refractivity contribution in [1.82, 2.24) is 14.9 Å². The second-order valence-electron chi connectivity index (χ2n) is 5.29.